The van der Waals surface area contributed by atoms with Crippen LogP contribution in [0.3, 0.4) is 0 Å². The van der Waals surface area contributed by atoms with E-state index in [-0.39, 0.29) is 0 Å². The molecule has 4 nitrogen and oxygen atoms in total. The summed E-state index contributed by atoms with van der Waals surface area (Å²) in [6, 6.07) is 18.6. The normalized spacial score (nSPS) is 18.0. The van der Waals surface area contributed by atoms with Crippen LogP contribution >= 0.6 is 0 Å². The summed E-state index contributed by atoms with van der Waals surface area (Å²) in [5, 5.41) is 11.3. The molecular weight excluding hydrogens is 326 g/mol. The van der Waals surface area contributed by atoms with Gasteiger partial charge in [0.25, 0.3) is 0 Å². The highest BCUT2D eigenvalue weighted by molar-refractivity contribution is 5.85. The molecule has 1 saturated heterocycles. The van der Waals surface area contributed by atoms with Gasteiger partial charge in [-0.1, -0.05) is 60.7 Å². The van der Waals surface area contributed by atoms with Crippen LogP contribution in [0.5, 0.6) is 0 Å². The van der Waals surface area contributed by atoms with E-state index in [1.807, 2.05) is 36.4 Å². The fourth-order valence-corrected chi connectivity index (χ4v) is 3.69. The van der Waals surface area contributed by atoms with Crippen molar-refractivity contribution in [2.45, 2.75) is 37.3 Å². The number of benzene rings is 2. The lowest BCUT2D eigenvalue weighted by atomic mass is 9.86. The molecule has 0 aromatic heterocycles. The molecule has 0 bridgehead atoms. The predicted molar refractivity (Wildman–Crippen MR) is 102 cm³/mol. The zero-order valence-electron chi connectivity index (χ0n) is 15.3. The van der Waals surface area contributed by atoms with E-state index >= 15 is 0 Å². The van der Waals surface area contributed by atoms with E-state index in [4.69, 9.17) is 4.74 Å². The van der Waals surface area contributed by atoms with E-state index in [1.54, 1.807) is 24.3 Å². The second-order valence-electron chi connectivity index (χ2n) is 7.00. The predicted octanol–water partition coefficient (Wildman–Crippen LogP) is 3.34. The molecule has 1 aliphatic heterocycles. The molecule has 0 spiro atoms. The highest BCUT2D eigenvalue weighted by atomic mass is 16.5. The van der Waals surface area contributed by atoms with Gasteiger partial charge in [0, 0.05) is 6.04 Å². The van der Waals surface area contributed by atoms with E-state index < -0.39 is 11.6 Å². The van der Waals surface area contributed by atoms with E-state index in [0.717, 1.165) is 19.4 Å². The minimum Gasteiger partial charge on any atom is -0.463 e. The second-order valence-corrected chi connectivity index (χ2v) is 7.00. The van der Waals surface area contributed by atoms with Gasteiger partial charge >= 0.3 is 5.97 Å². The van der Waals surface area contributed by atoms with E-state index in [2.05, 4.69) is 11.9 Å². The van der Waals surface area contributed by atoms with Gasteiger partial charge in [0.05, 0.1) is 6.61 Å². The Kier molecular flexibility index (Phi) is 6.07. The number of ether oxygens (including phenoxy) is 1. The third kappa shape index (κ3) is 3.97. The molecule has 26 heavy (non-hydrogen) atoms. The average Bonchev–Trinajstić information content (AvgIpc) is 3.10. The van der Waals surface area contributed by atoms with Gasteiger partial charge in [-0.3, -0.25) is 0 Å². The number of esters is 1. The Labute approximate surface area is 155 Å². The molecule has 0 amide bonds. The number of carbonyl (C=O) groups is 1. The number of hydrogen-bond donors (Lipinski definition) is 1. The van der Waals surface area contributed by atoms with Crippen LogP contribution in [0.4, 0.5) is 0 Å². The lowest BCUT2D eigenvalue weighted by Crippen LogP contribution is -2.38. The van der Waals surface area contributed by atoms with Crippen LogP contribution in [0.25, 0.3) is 0 Å². The van der Waals surface area contributed by atoms with E-state index in [0.29, 0.717) is 23.8 Å². The van der Waals surface area contributed by atoms with Crippen LogP contribution in [0.15, 0.2) is 60.7 Å². The highest BCUT2D eigenvalue weighted by Crippen LogP contribution is 2.31. The first kappa shape index (κ1) is 18.6. The maximum Gasteiger partial charge on any atom is 0.347 e. The maximum atomic E-state index is 12.8. The molecule has 0 aliphatic carbocycles. The summed E-state index contributed by atoms with van der Waals surface area (Å²) < 4.78 is 5.50. The van der Waals surface area contributed by atoms with Crippen molar-refractivity contribution in [1.82, 2.24) is 4.90 Å². The molecule has 1 heterocycles. The van der Waals surface area contributed by atoms with E-state index in [9.17, 15) is 9.90 Å². The first-order chi connectivity index (χ1) is 12.6. The molecule has 1 aliphatic rings. The van der Waals surface area contributed by atoms with Gasteiger partial charge in [0.15, 0.2) is 0 Å². The van der Waals surface area contributed by atoms with Crippen LogP contribution in [0.1, 0.15) is 36.8 Å². The molecular formula is C22H27NO3. The topological polar surface area (TPSA) is 49.8 Å². The summed E-state index contributed by atoms with van der Waals surface area (Å²) in [6.07, 6.45) is 4.27. The van der Waals surface area contributed by atoms with Gasteiger partial charge in [0.1, 0.15) is 0 Å². The minimum atomic E-state index is -1.79. The smallest absolute Gasteiger partial charge is 0.347 e. The first-order valence-electron chi connectivity index (χ1n) is 9.33. The molecule has 1 unspecified atom stereocenters. The molecule has 0 radical (unpaired) electrons. The summed E-state index contributed by atoms with van der Waals surface area (Å²) >= 11 is 0. The largest absolute Gasteiger partial charge is 0.463 e. The number of rotatable bonds is 7. The molecule has 0 saturated carbocycles. The average molecular weight is 353 g/mol. The molecule has 1 fully saturated rings. The summed E-state index contributed by atoms with van der Waals surface area (Å²) in [4.78, 5) is 15.2. The van der Waals surface area contributed by atoms with Crippen molar-refractivity contribution in [2.24, 2.45) is 0 Å². The molecule has 4 heteroatoms. The second kappa shape index (κ2) is 8.47. The van der Waals surface area contributed by atoms with Crippen molar-refractivity contribution < 1.29 is 14.6 Å². The first-order valence-corrected chi connectivity index (χ1v) is 9.33. The zero-order valence-corrected chi connectivity index (χ0v) is 15.3. The monoisotopic (exact) mass is 353 g/mol. The third-order valence-corrected chi connectivity index (χ3v) is 5.26. The SMILES string of the molecule is CN1CCCC1CCCOC(=O)C(O)(c1ccccc1)c1ccccc1. The van der Waals surface area contributed by atoms with Gasteiger partial charge in [0.2, 0.25) is 5.60 Å². The summed E-state index contributed by atoms with van der Waals surface area (Å²) in [5.74, 6) is -0.616. The van der Waals surface area contributed by atoms with Gasteiger partial charge in [-0.25, -0.2) is 4.79 Å². The van der Waals surface area contributed by atoms with Crippen molar-refractivity contribution >= 4 is 5.97 Å². The number of hydrogen-bond acceptors (Lipinski definition) is 4. The van der Waals surface area contributed by atoms with Crippen molar-refractivity contribution in [2.75, 3.05) is 20.2 Å². The highest BCUT2D eigenvalue weighted by Gasteiger charge is 2.41. The summed E-state index contributed by atoms with van der Waals surface area (Å²) in [5.41, 5.74) is -0.745. The Morgan fingerprint density at radius 1 is 1.12 bits per heavy atom. The minimum absolute atomic E-state index is 0.325. The summed E-state index contributed by atoms with van der Waals surface area (Å²) in [7, 11) is 2.15. The zero-order chi connectivity index (χ0) is 18.4. The van der Waals surface area contributed by atoms with Crippen LogP contribution in [0, 0.1) is 0 Å². The molecule has 2 aromatic carbocycles. The number of carbonyl (C=O) groups excluding carboxylic acids is 1. The number of nitrogens with zero attached hydrogens (tertiary/aromatic N) is 1. The number of likely N-dealkylation sites (tertiary alicyclic amines) is 1. The Balaban J connectivity index is 1.68. The fourth-order valence-electron chi connectivity index (χ4n) is 3.69. The van der Waals surface area contributed by atoms with E-state index in [1.165, 1.54) is 12.8 Å². The van der Waals surface area contributed by atoms with Crippen LogP contribution in [-0.4, -0.2) is 42.2 Å². The molecule has 138 valence electrons. The maximum absolute atomic E-state index is 12.8. The third-order valence-electron chi connectivity index (χ3n) is 5.26. The Bertz CT molecular complexity index is 662. The van der Waals surface area contributed by atoms with Crippen molar-refractivity contribution in [3.63, 3.8) is 0 Å². The lowest BCUT2D eigenvalue weighted by Gasteiger charge is -2.27. The van der Waals surface area contributed by atoms with Gasteiger partial charge in [-0.2, -0.15) is 0 Å². The number of aliphatic hydroxyl groups is 1. The fraction of sp³-hybridized carbons (Fsp3) is 0.409. The van der Waals surface area contributed by atoms with Crippen LogP contribution < -0.4 is 0 Å². The Morgan fingerprint density at radius 2 is 1.69 bits per heavy atom. The van der Waals surface area contributed by atoms with Crippen molar-refractivity contribution in [3.8, 4) is 0 Å². The van der Waals surface area contributed by atoms with Gasteiger partial charge in [-0.15, -0.1) is 0 Å². The molecule has 1 atom stereocenters. The lowest BCUT2D eigenvalue weighted by molar-refractivity contribution is -0.162. The van der Waals surface area contributed by atoms with Crippen LogP contribution in [0.2, 0.25) is 0 Å². The molecule has 3 rings (SSSR count). The molecule has 2 aromatic rings. The van der Waals surface area contributed by atoms with Crippen molar-refractivity contribution in [3.05, 3.63) is 71.8 Å². The quantitative estimate of drug-likeness (QED) is 0.613. The Morgan fingerprint density at radius 3 is 2.19 bits per heavy atom. The molecule has 1 N–H and O–H groups in total. The standard InChI is InChI=1S/C22H27NO3/c1-23-16-8-14-20(23)15-9-17-26-21(24)22(25,18-10-4-2-5-11-18)19-12-6-3-7-13-19/h2-7,10-13,20,25H,8-9,14-17H2,1H3. The van der Waals surface area contributed by atoms with Crippen molar-refractivity contribution in [1.29, 1.82) is 0 Å². The van der Waals surface area contributed by atoms with Crippen LogP contribution in [-0.2, 0) is 15.1 Å². The summed E-state index contributed by atoms with van der Waals surface area (Å²) in [6.45, 7) is 1.47. The van der Waals surface area contributed by atoms with Gasteiger partial charge < -0.3 is 14.7 Å². The van der Waals surface area contributed by atoms with Gasteiger partial charge in [-0.05, 0) is 50.4 Å². The Hall–Kier alpha value is -2.17.